The molecule has 6 heteroatoms. The van der Waals surface area contributed by atoms with Crippen molar-refractivity contribution in [3.63, 3.8) is 0 Å². The zero-order valence-electron chi connectivity index (χ0n) is 13.3. The monoisotopic (exact) mass is 326 g/mol. The summed E-state index contributed by atoms with van der Waals surface area (Å²) in [5, 5.41) is 6.58. The van der Waals surface area contributed by atoms with Crippen LogP contribution >= 0.6 is 0 Å². The highest BCUT2D eigenvalue weighted by molar-refractivity contribution is 5.74. The minimum absolute atomic E-state index is 0.314. The Morgan fingerprint density at radius 1 is 1.17 bits per heavy atom. The fourth-order valence-electron chi connectivity index (χ4n) is 3.02. The van der Waals surface area contributed by atoms with Crippen molar-refractivity contribution in [2.75, 3.05) is 36.4 Å². The molecule has 1 saturated heterocycles. The molecule has 0 saturated carbocycles. The number of hydrogen-bond donors (Lipinski definition) is 2. The molecule has 1 aromatic heterocycles. The summed E-state index contributed by atoms with van der Waals surface area (Å²) in [6.45, 7) is 4.60. The topological polar surface area (TPSA) is 53.3 Å². The SMILES string of the molecule is Fc1ccc2oc(NCc3ccccc3N3CCNCC3)nc2c1. The Hall–Kier alpha value is -2.60. The van der Waals surface area contributed by atoms with Gasteiger partial charge in [-0.05, 0) is 23.8 Å². The lowest BCUT2D eigenvalue weighted by Gasteiger charge is -2.31. The first-order valence-electron chi connectivity index (χ1n) is 8.13. The van der Waals surface area contributed by atoms with E-state index >= 15 is 0 Å². The first-order chi connectivity index (χ1) is 11.8. The van der Waals surface area contributed by atoms with Crippen molar-refractivity contribution in [3.8, 4) is 0 Å². The van der Waals surface area contributed by atoms with Crippen molar-refractivity contribution in [2.45, 2.75) is 6.54 Å². The molecule has 3 aromatic rings. The number of hydrogen-bond acceptors (Lipinski definition) is 5. The lowest BCUT2D eigenvalue weighted by molar-refractivity contribution is 0.587. The number of benzene rings is 2. The zero-order chi connectivity index (χ0) is 16.4. The third-order valence-corrected chi connectivity index (χ3v) is 4.23. The van der Waals surface area contributed by atoms with Crippen LogP contribution < -0.4 is 15.5 Å². The molecule has 5 nitrogen and oxygen atoms in total. The van der Waals surface area contributed by atoms with Gasteiger partial charge in [0.15, 0.2) is 5.58 Å². The Balaban J connectivity index is 1.52. The molecule has 0 bridgehead atoms. The minimum atomic E-state index is -0.314. The van der Waals surface area contributed by atoms with Crippen molar-refractivity contribution in [3.05, 3.63) is 53.8 Å². The van der Waals surface area contributed by atoms with Crippen LogP contribution in [-0.2, 0) is 6.54 Å². The molecular weight excluding hydrogens is 307 g/mol. The van der Waals surface area contributed by atoms with Gasteiger partial charge in [-0.25, -0.2) is 4.39 Å². The molecule has 1 aliphatic rings. The molecular formula is C18H19FN4O. The van der Waals surface area contributed by atoms with Crippen LogP contribution in [0.2, 0.25) is 0 Å². The quantitative estimate of drug-likeness (QED) is 0.772. The van der Waals surface area contributed by atoms with E-state index in [1.54, 1.807) is 6.07 Å². The molecule has 0 radical (unpaired) electrons. The first kappa shape index (κ1) is 15.0. The largest absolute Gasteiger partial charge is 0.424 e. The molecule has 124 valence electrons. The molecule has 4 rings (SSSR count). The average Bonchev–Trinajstić information content (AvgIpc) is 3.03. The first-order valence-corrected chi connectivity index (χ1v) is 8.13. The van der Waals surface area contributed by atoms with Crippen LogP contribution in [0.5, 0.6) is 0 Å². The number of oxazole rings is 1. The summed E-state index contributed by atoms with van der Waals surface area (Å²) in [4.78, 5) is 6.67. The van der Waals surface area contributed by atoms with Crippen molar-refractivity contribution in [2.24, 2.45) is 0 Å². The number of fused-ring (bicyclic) bond motifs is 1. The second kappa shape index (κ2) is 6.49. The second-order valence-corrected chi connectivity index (χ2v) is 5.85. The van der Waals surface area contributed by atoms with Gasteiger partial charge in [-0.2, -0.15) is 4.98 Å². The summed E-state index contributed by atoms with van der Waals surface area (Å²) in [5.41, 5.74) is 3.52. The normalized spacial score (nSPS) is 15.0. The Bertz CT molecular complexity index is 842. The minimum Gasteiger partial charge on any atom is -0.424 e. The van der Waals surface area contributed by atoms with E-state index in [0.29, 0.717) is 23.7 Å². The van der Waals surface area contributed by atoms with Gasteiger partial charge in [0.1, 0.15) is 11.3 Å². The van der Waals surface area contributed by atoms with Crippen LogP contribution in [0.15, 0.2) is 46.9 Å². The highest BCUT2D eigenvalue weighted by Crippen LogP contribution is 2.24. The maximum Gasteiger partial charge on any atom is 0.295 e. The standard InChI is InChI=1S/C18H19FN4O/c19-14-5-6-17-15(11-14)22-18(24-17)21-12-13-3-1-2-4-16(13)23-9-7-20-8-10-23/h1-6,11,20H,7-10,12H2,(H,21,22). The number of halogens is 1. The molecule has 24 heavy (non-hydrogen) atoms. The van der Waals surface area contributed by atoms with Gasteiger partial charge < -0.3 is 20.0 Å². The molecule has 0 spiro atoms. The predicted octanol–water partition coefficient (Wildman–Crippen LogP) is 2.99. The smallest absolute Gasteiger partial charge is 0.295 e. The molecule has 2 N–H and O–H groups in total. The summed E-state index contributed by atoms with van der Waals surface area (Å²) in [6.07, 6.45) is 0. The summed E-state index contributed by atoms with van der Waals surface area (Å²) in [6, 6.07) is 13.1. The van der Waals surface area contributed by atoms with Crippen molar-refractivity contribution >= 4 is 22.8 Å². The number of aromatic nitrogens is 1. The number of nitrogens with zero attached hydrogens (tertiary/aromatic N) is 2. The summed E-state index contributed by atoms with van der Waals surface area (Å²) in [7, 11) is 0. The van der Waals surface area contributed by atoms with Gasteiger partial charge in [0.2, 0.25) is 0 Å². The fourth-order valence-corrected chi connectivity index (χ4v) is 3.02. The van der Waals surface area contributed by atoms with E-state index in [9.17, 15) is 4.39 Å². The average molecular weight is 326 g/mol. The molecule has 0 aliphatic carbocycles. The van der Waals surface area contributed by atoms with Gasteiger partial charge in [0, 0.05) is 44.5 Å². The number of nitrogens with one attached hydrogen (secondary N) is 2. The number of piperazine rings is 1. The van der Waals surface area contributed by atoms with Crippen molar-refractivity contribution in [1.29, 1.82) is 0 Å². The summed E-state index contributed by atoms with van der Waals surface area (Å²) < 4.78 is 18.9. The maximum atomic E-state index is 13.2. The molecule has 0 atom stereocenters. The summed E-state index contributed by atoms with van der Waals surface area (Å²) in [5.74, 6) is -0.314. The molecule has 1 aliphatic heterocycles. The highest BCUT2D eigenvalue weighted by Gasteiger charge is 2.14. The fraction of sp³-hybridized carbons (Fsp3) is 0.278. The Kier molecular flexibility index (Phi) is 4.04. The van der Waals surface area contributed by atoms with Gasteiger partial charge in [-0.1, -0.05) is 18.2 Å². The maximum absolute atomic E-state index is 13.2. The second-order valence-electron chi connectivity index (χ2n) is 5.85. The Morgan fingerprint density at radius 3 is 2.88 bits per heavy atom. The van der Waals surface area contributed by atoms with Crippen molar-refractivity contribution in [1.82, 2.24) is 10.3 Å². The van der Waals surface area contributed by atoms with E-state index in [1.807, 2.05) is 6.07 Å². The molecule has 2 heterocycles. The molecule has 0 unspecified atom stereocenters. The molecule has 2 aromatic carbocycles. The van der Waals surface area contributed by atoms with E-state index in [4.69, 9.17) is 4.42 Å². The van der Waals surface area contributed by atoms with Gasteiger partial charge in [-0.3, -0.25) is 0 Å². The van der Waals surface area contributed by atoms with E-state index in [1.165, 1.54) is 23.4 Å². The lowest BCUT2D eigenvalue weighted by Crippen LogP contribution is -2.43. The third-order valence-electron chi connectivity index (χ3n) is 4.23. The van der Waals surface area contributed by atoms with Crippen LogP contribution in [0.4, 0.5) is 16.1 Å². The van der Waals surface area contributed by atoms with Crippen LogP contribution in [-0.4, -0.2) is 31.2 Å². The highest BCUT2D eigenvalue weighted by atomic mass is 19.1. The van der Waals surface area contributed by atoms with Gasteiger partial charge in [-0.15, -0.1) is 0 Å². The van der Waals surface area contributed by atoms with Crippen LogP contribution in [0, 0.1) is 5.82 Å². The Labute approximate surface area is 139 Å². The Morgan fingerprint density at radius 2 is 2.00 bits per heavy atom. The van der Waals surface area contributed by atoms with E-state index in [0.717, 1.165) is 26.2 Å². The molecule has 0 amide bonds. The summed E-state index contributed by atoms with van der Waals surface area (Å²) >= 11 is 0. The third kappa shape index (κ3) is 3.05. The zero-order valence-corrected chi connectivity index (χ0v) is 13.3. The van der Waals surface area contributed by atoms with Crippen LogP contribution in [0.1, 0.15) is 5.56 Å². The van der Waals surface area contributed by atoms with Crippen molar-refractivity contribution < 1.29 is 8.81 Å². The van der Waals surface area contributed by atoms with Gasteiger partial charge in [0.05, 0.1) is 0 Å². The number of rotatable bonds is 4. The van der Waals surface area contributed by atoms with Gasteiger partial charge >= 0.3 is 0 Å². The van der Waals surface area contributed by atoms with E-state index in [-0.39, 0.29) is 5.82 Å². The number of para-hydroxylation sites is 1. The number of anilines is 2. The van der Waals surface area contributed by atoms with Crippen LogP contribution in [0.25, 0.3) is 11.1 Å². The lowest BCUT2D eigenvalue weighted by atomic mass is 10.1. The van der Waals surface area contributed by atoms with E-state index in [2.05, 4.69) is 38.7 Å². The van der Waals surface area contributed by atoms with Gasteiger partial charge in [0.25, 0.3) is 6.01 Å². The van der Waals surface area contributed by atoms with E-state index < -0.39 is 0 Å². The van der Waals surface area contributed by atoms with Crippen LogP contribution in [0.3, 0.4) is 0 Å². The predicted molar refractivity (Wildman–Crippen MR) is 92.8 cm³/mol. The molecule has 1 fully saturated rings.